The van der Waals surface area contributed by atoms with Crippen LogP contribution in [0.4, 0.5) is 5.88 Å². The molecule has 0 spiro atoms. The van der Waals surface area contributed by atoms with Crippen LogP contribution < -0.4 is 0 Å². The Balaban J connectivity index is 2.16. The minimum atomic E-state index is -1.13. The van der Waals surface area contributed by atoms with Crippen LogP contribution in [0, 0.1) is 10.1 Å². The van der Waals surface area contributed by atoms with E-state index in [1.807, 2.05) is 0 Å². The summed E-state index contributed by atoms with van der Waals surface area (Å²) in [4.78, 5) is 33.4. The summed E-state index contributed by atoms with van der Waals surface area (Å²) in [6.07, 6.45) is 1.48. The van der Waals surface area contributed by atoms with Gasteiger partial charge in [0.15, 0.2) is 5.76 Å². The van der Waals surface area contributed by atoms with E-state index in [0.29, 0.717) is 0 Å². The fourth-order valence-corrected chi connectivity index (χ4v) is 1.58. The highest BCUT2D eigenvalue weighted by atomic mass is 16.6. The molecule has 8 heteroatoms. The molecule has 0 unspecified atom stereocenters. The van der Waals surface area contributed by atoms with E-state index in [2.05, 4.69) is 0 Å². The number of hydrogen-bond acceptors (Lipinski definition) is 5. The van der Waals surface area contributed by atoms with Crippen molar-refractivity contribution in [2.24, 2.45) is 0 Å². The second-order valence-corrected chi connectivity index (χ2v) is 3.95. The molecule has 1 fully saturated rings. The zero-order chi connectivity index (χ0) is 13.3. The summed E-state index contributed by atoms with van der Waals surface area (Å²) in [5.41, 5.74) is 0. The highest BCUT2D eigenvalue weighted by Crippen LogP contribution is 2.29. The quantitative estimate of drug-likeness (QED) is 0.616. The van der Waals surface area contributed by atoms with E-state index in [1.165, 1.54) is 6.07 Å². The Morgan fingerprint density at radius 1 is 1.50 bits per heavy atom. The number of carbonyl (C=O) groups is 2. The average molecular weight is 254 g/mol. The molecule has 0 radical (unpaired) electrons. The van der Waals surface area contributed by atoms with Crippen molar-refractivity contribution in [1.29, 1.82) is 0 Å². The summed E-state index contributed by atoms with van der Waals surface area (Å²) in [5, 5.41) is 19.1. The molecule has 0 bridgehead atoms. The van der Waals surface area contributed by atoms with Gasteiger partial charge in [0.05, 0.1) is 6.07 Å². The Kier molecular flexibility index (Phi) is 3.00. The van der Waals surface area contributed by atoms with Gasteiger partial charge in [-0.05, 0) is 18.9 Å². The van der Waals surface area contributed by atoms with Gasteiger partial charge in [-0.25, -0.2) is 0 Å². The smallest absolute Gasteiger partial charge is 0.433 e. The highest BCUT2D eigenvalue weighted by Gasteiger charge is 2.36. The number of nitro groups is 1. The summed E-state index contributed by atoms with van der Waals surface area (Å²) < 4.78 is 4.76. The van der Waals surface area contributed by atoms with Crippen molar-refractivity contribution in [2.45, 2.75) is 18.9 Å². The number of amides is 1. The van der Waals surface area contributed by atoms with Gasteiger partial charge in [0.2, 0.25) is 0 Å². The standard InChI is InChI=1S/C10H10N2O6/c13-9(14)5-11(6-1-2-6)10(15)7-3-4-8(18-7)12(16)17/h3-4,6H,1-2,5H2,(H,13,14). The number of hydrogen-bond donors (Lipinski definition) is 1. The Labute approximate surface area is 101 Å². The molecule has 1 heterocycles. The van der Waals surface area contributed by atoms with E-state index < -0.39 is 29.2 Å². The predicted molar refractivity (Wildman–Crippen MR) is 57.1 cm³/mol. The first-order chi connectivity index (χ1) is 8.49. The van der Waals surface area contributed by atoms with Crippen LogP contribution in [0.25, 0.3) is 0 Å². The fraction of sp³-hybridized carbons (Fsp3) is 0.400. The normalized spacial score (nSPS) is 14.2. The zero-order valence-electron chi connectivity index (χ0n) is 9.24. The molecule has 0 saturated heterocycles. The molecule has 0 aliphatic heterocycles. The monoisotopic (exact) mass is 254 g/mol. The number of furan rings is 1. The molecular weight excluding hydrogens is 244 g/mol. The summed E-state index contributed by atoms with van der Waals surface area (Å²) in [6.45, 7) is -0.433. The molecule has 1 aliphatic rings. The Bertz CT molecular complexity index is 504. The van der Waals surface area contributed by atoms with E-state index in [0.717, 1.165) is 23.8 Å². The van der Waals surface area contributed by atoms with Crippen molar-refractivity contribution in [1.82, 2.24) is 4.90 Å². The van der Waals surface area contributed by atoms with Crippen LogP contribution in [0.2, 0.25) is 0 Å². The third-order valence-electron chi connectivity index (χ3n) is 2.54. The van der Waals surface area contributed by atoms with E-state index in [1.54, 1.807) is 0 Å². The first-order valence-electron chi connectivity index (χ1n) is 5.26. The second-order valence-electron chi connectivity index (χ2n) is 3.95. The fourth-order valence-electron chi connectivity index (χ4n) is 1.58. The van der Waals surface area contributed by atoms with E-state index in [-0.39, 0.29) is 11.8 Å². The number of carboxylic acids is 1. The summed E-state index contributed by atoms with van der Waals surface area (Å²) in [5.74, 6) is -2.51. The van der Waals surface area contributed by atoms with Crippen LogP contribution in [-0.2, 0) is 4.79 Å². The largest absolute Gasteiger partial charge is 0.480 e. The van der Waals surface area contributed by atoms with Gasteiger partial charge in [-0.15, -0.1) is 0 Å². The van der Waals surface area contributed by atoms with E-state index >= 15 is 0 Å². The first-order valence-corrected chi connectivity index (χ1v) is 5.26. The van der Waals surface area contributed by atoms with Crippen LogP contribution in [0.3, 0.4) is 0 Å². The third kappa shape index (κ3) is 2.47. The van der Waals surface area contributed by atoms with E-state index in [9.17, 15) is 19.7 Å². The molecule has 1 amide bonds. The maximum atomic E-state index is 11.9. The molecule has 96 valence electrons. The molecule has 1 aromatic heterocycles. The number of carbonyl (C=O) groups excluding carboxylic acids is 1. The Morgan fingerprint density at radius 3 is 2.61 bits per heavy atom. The van der Waals surface area contributed by atoms with Gasteiger partial charge in [0.25, 0.3) is 5.91 Å². The van der Waals surface area contributed by atoms with Gasteiger partial charge in [-0.2, -0.15) is 0 Å². The molecule has 0 atom stereocenters. The lowest BCUT2D eigenvalue weighted by atomic mass is 10.3. The maximum absolute atomic E-state index is 11.9. The van der Waals surface area contributed by atoms with Crippen molar-refractivity contribution >= 4 is 17.8 Å². The first kappa shape index (κ1) is 12.1. The molecule has 0 aromatic carbocycles. The lowest BCUT2D eigenvalue weighted by Gasteiger charge is -2.18. The van der Waals surface area contributed by atoms with Crippen molar-refractivity contribution < 1.29 is 24.0 Å². The van der Waals surface area contributed by atoms with Crippen molar-refractivity contribution in [3.05, 3.63) is 28.0 Å². The second kappa shape index (κ2) is 4.47. The summed E-state index contributed by atoms with van der Waals surface area (Å²) in [6, 6.07) is 2.13. The molecule has 8 nitrogen and oxygen atoms in total. The number of nitrogens with zero attached hydrogens (tertiary/aromatic N) is 2. The minimum Gasteiger partial charge on any atom is -0.480 e. The van der Waals surface area contributed by atoms with Crippen LogP contribution in [0.1, 0.15) is 23.4 Å². The van der Waals surface area contributed by atoms with Crippen LogP contribution >= 0.6 is 0 Å². The molecule has 2 rings (SSSR count). The van der Waals surface area contributed by atoms with Gasteiger partial charge in [-0.3, -0.25) is 19.7 Å². The SMILES string of the molecule is O=C(O)CN(C(=O)c1ccc([N+](=O)[O-])o1)C1CC1. The molecule has 1 aromatic rings. The van der Waals surface area contributed by atoms with Gasteiger partial charge < -0.3 is 14.4 Å². The van der Waals surface area contributed by atoms with Crippen molar-refractivity contribution in [3.8, 4) is 0 Å². The molecular formula is C10H10N2O6. The van der Waals surface area contributed by atoms with Crippen molar-refractivity contribution in [2.75, 3.05) is 6.54 Å². The molecule has 18 heavy (non-hydrogen) atoms. The van der Waals surface area contributed by atoms with E-state index in [4.69, 9.17) is 9.52 Å². The average Bonchev–Trinajstić information content (AvgIpc) is 3.00. The summed E-state index contributed by atoms with van der Waals surface area (Å²) >= 11 is 0. The topological polar surface area (TPSA) is 114 Å². The summed E-state index contributed by atoms with van der Waals surface area (Å²) in [7, 11) is 0. The van der Waals surface area contributed by atoms with Crippen molar-refractivity contribution in [3.63, 3.8) is 0 Å². The lowest BCUT2D eigenvalue weighted by molar-refractivity contribution is -0.402. The number of carboxylic acid groups (broad SMARTS) is 1. The Hall–Kier alpha value is -2.38. The third-order valence-corrected chi connectivity index (χ3v) is 2.54. The lowest BCUT2D eigenvalue weighted by Crippen LogP contribution is -2.37. The molecule has 1 aliphatic carbocycles. The van der Waals surface area contributed by atoms with Gasteiger partial charge in [0.1, 0.15) is 11.5 Å². The number of aliphatic carboxylic acids is 1. The molecule has 1 N–H and O–H groups in total. The number of rotatable bonds is 5. The zero-order valence-corrected chi connectivity index (χ0v) is 9.24. The van der Waals surface area contributed by atoms with Gasteiger partial charge in [-0.1, -0.05) is 0 Å². The Morgan fingerprint density at radius 2 is 2.17 bits per heavy atom. The van der Waals surface area contributed by atoms with Gasteiger partial charge in [0, 0.05) is 6.04 Å². The van der Waals surface area contributed by atoms with Crippen LogP contribution in [0.15, 0.2) is 16.5 Å². The predicted octanol–water partition coefficient (Wildman–Crippen LogP) is 0.877. The molecule has 1 saturated carbocycles. The minimum absolute atomic E-state index is 0.113. The van der Waals surface area contributed by atoms with Gasteiger partial charge >= 0.3 is 11.9 Å². The van der Waals surface area contributed by atoms with Crippen LogP contribution in [0.5, 0.6) is 0 Å². The van der Waals surface area contributed by atoms with Crippen LogP contribution in [-0.4, -0.2) is 39.4 Å². The highest BCUT2D eigenvalue weighted by molar-refractivity contribution is 5.94. The maximum Gasteiger partial charge on any atom is 0.433 e.